The molecule has 1 aromatic rings. The molecule has 1 aromatic heterocycles. The van der Waals surface area contributed by atoms with Crippen molar-refractivity contribution in [1.29, 1.82) is 0 Å². The van der Waals surface area contributed by atoms with Crippen molar-refractivity contribution in [3.05, 3.63) is 11.7 Å². The van der Waals surface area contributed by atoms with Crippen LogP contribution in [0.3, 0.4) is 0 Å². The average molecular weight is 333 g/mol. The molecule has 2 aliphatic heterocycles. The summed E-state index contributed by atoms with van der Waals surface area (Å²) in [6.07, 6.45) is 3.31. The van der Waals surface area contributed by atoms with Gasteiger partial charge in [-0.1, -0.05) is 12.1 Å². The number of likely N-dealkylation sites (tertiary alicyclic amines) is 1. The minimum absolute atomic E-state index is 0.0236. The Kier molecular flexibility index (Phi) is 4.92. The van der Waals surface area contributed by atoms with E-state index in [1.165, 1.54) is 5.01 Å². The fraction of sp³-hybridized carbons (Fsp3) is 0.688. The Morgan fingerprint density at radius 3 is 2.88 bits per heavy atom. The number of carbonyl (C=O) groups is 2. The number of hydrogen-bond acceptors (Lipinski definition) is 6. The lowest BCUT2D eigenvalue weighted by atomic mass is 9.96. The van der Waals surface area contributed by atoms with Gasteiger partial charge in [0.05, 0.1) is 0 Å². The second-order valence-electron chi connectivity index (χ2n) is 6.15. The van der Waals surface area contributed by atoms with E-state index in [1.54, 1.807) is 4.90 Å². The third kappa shape index (κ3) is 3.32. The zero-order chi connectivity index (χ0) is 17.1. The predicted octanol–water partition coefficient (Wildman–Crippen LogP) is 1.34. The minimum atomic E-state index is -0.0788. The van der Waals surface area contributed by atoms with Crippen molar-refractivity contribution in [3.63, 3.8) is 0 Å². The molecule has 1 fully saturated rings. The van der Waals surface area contributed by atoms with Gasteiger partial charge in [0.2, 0.25) is 11.8 Å². The molecule has 2 aliphatic rings. The summed E-state index contributed by atoms with van der Waals surface area (Å²) in [5, 5.41) is 9.66. The summed E-state index contributed by atoms with van der Waals surface area (Å²) < 4.78 is 5.19. The number of aromatic nitrogens is 2. The van der Waals surface area contributed by atoms with Crippen molar-refractivity contribution >= 4 is 17.5 Å². The predicted molar refractivity (Wildman–Crippen MR) is 86.3 cm³/mol. The number of nitrogens with zero attached hydrogens (tertiary/aromatic N) is 5. The largest absolute Gasteiger partial charge is 0.339 e. The van der Waals surface area contributed by atoms with Gasteiger partial charge in [0, 0.05) is 44.8 Å². The van der Waals surface area contributed by atoms with E-state index in [4.69, 9.17) is 4.52 Å². The van der Waals surface area contributed by atoms with Gasteiger partial charge in [0.1, 0.15) is 5.71 Å². The Hall–Kier alpha value is -2.25. The lowest BCUT2D eigenvalue weighted by Crippen LogP contribution is -2.45. The molecular formula is C16H23N5O3. The van der Waals surface area contributed by atoms with Gasteiger partial charge < -0.3 is 9.42 Å². The molecule has 0 bridgehead atoms. The van der Waals surface area contributed by atoms with E-state index >= 15 is 0 Å². The number of carbonyl (C=O) groups excluding carboxylic acids is 2. The quantitative estimate of drug-likeness (QED) is 0.829. The number of hydrazone groups is 1. The van der Waals surface area contributed by atoms with Gasteiger partial charge >= 0.3 is 0 Å². The van der Waals surface area contributed by atoms with Gasteiger partial charge in [-0.3, -0.25) is 9.59 Å². The molecule has 130 valence electrons. The summed E-state index contributed by atoms with van der Waals surface area (Å²) in [6, 6.07) is 0. The molecule has 24 heavy (non-hydrogen) atoms. The molecule has 3 heterocycles. The van der Waals surface area contributed by atoms with Crippen molar-refractivity contribution in [1.82, 2.24) is 20.0 Å². The smallest absolute Gasteiger partial charge is 0.270 e. The zero-order valence-electron chi connectivity index (χ0n) is 14.2. The van der Waals surface area contributed by atoms with E-state index in [0.717, 1.165) is 12.8 Å². The first-order chi connectivity index (χ1) is 11.6. The van der Waals surface area contributed by atoms with Crippen LogP contribution in [-0.2, 0) is 16.0 Å². The molecule has 0 aliphatic carbocycles. The van der Waals surface area contributed by atoms with Gasteiger partial charge in [-0.15, -0.1) is 0 Å². The SMILES string of the molecule is CCc1nc(C2CCCN(C(=O)C3=NN(CC)C(=O)CC3)C2)no1. The minimum Gasteiger partial charge on any atom is -0.339 e. The number of rotatable bonds is 4. The first-order valence-corrected chi connectivity index (χ1v) is 8.62. The number of piperidine rings is 1. The van der Waals surface area contributed by atoms with Gasteiger partial charge in [0.25, 0.3) is 5.91 Å². The van der Waals surface area contributed by atoms with E-state index in [0.29, 0.717) is 56.3 Å². The Morgan fingerprint density at radius 2 is 2.17 bits per heavy atom. The number of aryl methyl sites for hydroxylation is 1. The second-order valence-corrected chi connectivity index (χ2v) is 6.15. The summed E-state index contributed by atoms with van der Waals surface area (Å²) in [5.74, 6) is 1.30. The Labute approximate surface area is 140 Å². The highest BCUT2D eigenvalue weighted by molar-refractivity contribution is 6.39. The molecule has 0 saturated carbocycles. The van der Waals surface area contributed by atoms with Gasteiger partial charge in [0.15, 0.2) is 5.82 Å². The van der Waals surface area contributed by atoms with Gasteiger partial charge in [-0.25, -0.2) is 5.01 Å². The van der Waals surface area contributed by atoms with Crippen LogP contribution in [-0.4, -0.2) is 57.2 Å². The highest BCUT2D eigenvalue weighted by Gasteiger charge is 2.32. The molecule has 0 spiro atoms. The molecular weight excluding hydrogens is 310 g/mol. The maximum atomic E-state index is 12.8. The first kappa shape index (κ1) is 16.6. The molecule has 0 aromatic carbocycles. The maximum Gasteiger partial charge on any atom is 0.270 e. The fourth-order valence-electron chi connectivity index (χ4n) is 3.13. The second kappa shape index (κ2) is 7.11. The third-order valence-corrected chi connectivity index (χ3v) is 4.51. The van der Waals surface area contributed by atoms with Crippen LogP contribution in [0.4, 0.5) is 0 Å². The van der Waals surface area contributed by atoms with Crippen molar-refractivity contribution in [2.75, 3.05) is 19.6 Å². The molecule has 1 atom stereocenters. The normalized spacial score (nSPS) is 21.8. The number of amides is 2. The third-order valence-electron chi connectivity index (χ3n) is 4.51. The standard InChI is InChI=1S/C16H23N5O3/c1-3-13-17-15(19-24-13)11-6-5-9-20(10-11)16(23)12-7-8-14(22)21(4-2)18-12/h11H,3-10H2,1-2H3. The lowest BCUT2D eigenvalue weighted by Gasteiger charge is -2.32. The van der Waals surface area contributed by atoms with E-state index in [1.807, 2.05) is 13.8 Å². The van der Waals surface area contributed by atoms with E-state index < -0.39 is 0 Å². The van der Waals surface area contributed by atoms with E-state index in [-0.39, 0.29) is 17.7 Å². The topological polar surface area (TPSA) is 91.9 Å². The van der Waals surface area contributed by atoms with Crippen LogP contribution in [0, 0.1) is 0 Å². The highest BCUT2D eigenvalue weighted by Crippen LogP contribution is 2.25. The maximum absolute atomic E-state index is 12.8. The lowest BCUT2D eigenvalue weighted by molar-refractivity contribution is -0.132. The molecule has 1 saturated heterocycles. The molecule has 1 unspecified atom stereocenters. The summed E-state index contributed by atoms with van der Waals surface area (Å²) in [4.78, 5) is 30.7. The zero-order valence-corrected chi connectivity index (χ0v) is 14.2. The molecule has 0 N–H and O–H groups in total. The van der Waals surface area contributed by atoms with Crippen LogP contribution in [0.5, 0.6) is 0 Å². The van der Waals surface area contributed by atoms with Crippen LogP contribution in [0.2, 0.25) is 0 Å². The van der Waals surface area contributed by atoms with Crippen molar-refractivity contribution in [3.8, 4) is 0 Å². The Balaban J connectivity index is 1.70. The van der Waals surface area contributed by atoms with Crippen molar-refractivity contribution in [2.24, 2.45) is 5.10 Å². The van der Waals surface area contributed by atoms with Crippen LogP contribution < -0.4 is 0 Å². The van der Waals surface area contributed by atoms with Crippen molar-refractivity contribution in [2.45, 2.75) is 51.9 Å². The summed E-state index contributed by atoms with van der Waals surface area (Å²) in [6.45, 7) is 5.58. The molecule has 3 rings (SSSR count). The molecule has 2 amide bonds. The number of hydrogen-bond donors (Lipinski definition) is 0. The Morgan fingerprint density at radius 1 is 1.33 bits per heavy atom. The van der Waals surface area contributed by atoms with Crippen LogP contribution in [0.1, 0.15) is 57.2 Å². The fourth-order valence-corrected chi connectivity index (χ4v) is 3.13. The highest BCUT2D eigenvalue weighted by atomic mass is 16.5. The van der Waals surface area contributed by atoms with Crippen molar-refractivity contribution < 1.29 is 14.1 Å². The van der Waals surface area contributed by atoms with Gasteiger partial charge in [-0.05, 0) is 19.8 Å². The summed E-state index contributed by atoms with van der Waals surface area (Å²) in [7, 11) is 0. The van der Waals surface area contributed by atoms with Crippen LogP contribution >= 0.6 is 0 Å². The van der Waals surface area contributed by atoms with E-state index in [2.05, 4.69) is 15.2 Å². The van der Waals surface area contributed by atoms with Gasteiger partial charge in [-0.2, -0.15) is 10.1 Å². The van der Waals surface area contributed by atoms with Crippen LogP contribution in [0.15, 0.2) is 9.62 Å². The van der Waals surface area contributed by atoms with E-state index in [9.17, 15) is 9.59 Å². The first-order valence-electron chi connectivity index (χ1n) is 8.62. The molecule has 8 nitrogen and oxygen atoms in total. The molecule has 8 heteroatoms. The molecule has 0 radical (unpaired) electrons. The van der Waals surface area contributed by atoms with Crippen LogP contribution in [0.25, 0.3) is 0 Å². The monoisotopic (exact) mass is 333 g/mol. The summed E-state index contributed by atoms with van der Waals surface area (Å²) >= 11 is 0. The Bertz CT molecular complexity index is 654. The summed E-state index contributed by atoms with van der Waals surface area (Å²) in [5.41, 5.74) is 0.472. The average Bonchev–Trinajstić information content (AvgIpc) is 3.11.